The Labute approximate surface area is 305 Å². The topological polar surface area (TPSA) is 0 Å². The van der Waals surface area contributed by atoms with E-state index in [1.165, 1.54) is 54.4 Å². The molecule has 0 bridgehead atoms. The summed E-state index contributed by atoms with van der Waals surface area (Å²) in [5.41, 5.74) is 0.883. The number of benzene rings is 6. The summed E-state index contributed by atoms with van der Waals surface area (Å²) >= 11 is 1.70. The average molecular weight is 761 g/mol. The molecule has 0 nitrogen and oxygen atoms in total. The largest absolute Gasteiger partial charge is 2.00 e. The predicted octanol–water partition coefficient (Wildman–Crippen LogP) is 10.8. The number of hydrogen-bond acceptors (Lipinski definition) is 1. The molecule has 0 amide bonds. The van der Waals surface area contributed by atoms with Crippen molar-refractivity contribution in [2.45, 2.75) is 0 Å². The molecule has 0 atom stereocenters. The second kappa shape index (κ2) is 18.8. The molecular weight excluding hydrogens is 724 g/mol. The minimum atomic E-state index is -0.348. The molecule has 8 rings (SSSR count). The van der Waals surface area contributed by atoms with Crippen LogP contribution >= 0.6 is 27.2 Å². The number of fused-ring (bicyclic) bond motifs is 3. The molecule has 236 valence electrons. The number of thiophene rings is 1. The molecule has 7 aromatic carbocycles. The van der Waals surface area contributed by atoms with Crippen LogP contribution in [0.3, 0.4) is 0 Å². The Balaban J connectivity index is 0.000000185. The fourth-order valence-electron chi connectivity index (χ4n) is 5.61. The van der Waals surface area contributed by atoms with E-state index in [0.717, 1.165) is 5.56 Å². The van der Waals surface area contributed by atoms with E-state index in [-0.39, 0.29) is 35.3 Å². The van der Waals surface area contributed by atoms with Gasteiger partial charge in [-0.1, -0.05) is 146 Å². The van der Waals surface area contributed by atoms with Crippen molar-refractivity contribution in [2.75, 3.05) is 12.3 Å². The summed E-state index contributed by atoms with van der Waals surface area (Å²) in [5.74, 6) is 0. The van der Waals surface area contributed by atoms with E-state index in [9.17, 15) is 0 Å². The van der Waals surface area contributed by atoms with Gasteiger partial charge in [-0.15, -0.1) is 11.3 Å². The van der Waals surface area contributed by atoms with Crippen LogP contribution in [-0.4, -0.2) is 12.3 Å². The molecule has 0 saturated heterocycles. The zero-order valence-corrected chi connectivity index (χ0v) is 31.0. The molecule has 0 spiro atoms. The number of hydrogen-bond donors (Lipinski definition) is 0. The Hall–Kier alpha value is -3.63. The van der Waals surface area contributed by atoms with Crippen molar-refractivity contribution < 1.29 is 19.5 Å². The molecule has 0 aliphatic carbocycles. The quantitative estimate of drug-likeness (QED) is 0.0862. The Kier molecular flexibility index (Phi) is 14.0. The molecule has 2 radical (unpaired) electrons. The second-order valence-corrected chi connectivity index (χ2v) is 16.5. The van der Waals surface area contributed by atoms with Gasteiger partial charge in [0.25, 0.3) is 0 Å². The SMILES string of the molecule is [CH]c1cc2ccccc2c2ccsc12.[Ru+2].c1cc[cH-]c1.c1ccc(P(CCP(c2ccccc2)c2ccccc2)c2ccccc2)cc1. The van der Waals surface area contributed by atoms with Crippen molar-refractivity contribution in [3.8, 4) is 0 Å². The van der Waals surface area contributed by atoms with Crippen molar-refractivity contribution in [1.82, 2.24) is 0 Å². The summed E-state index contributed by atoms with van der Waals surface area (Å²) in [5, 5.41) is 11.8. The Morgan fingerprint density at radius 1 is 0.479 bits per heavy atom. The molecule has 48 heavy (non-hydrogen) atoms. The maximum absolute atomic E-state index is 5.98. The van der Waals surface area contributed by atoms with Crippen molar-refractivity contribution in [3.05, 3.63) is 206 Å². The van der Waals surface area contributed by atoms with Crippen molar-refractivity contribution in [2.24, 2.45) is 0 Å². The van der Waals surface area contributed by atoms with E-state index in [1.807, 2.05) is 42.5 Å². The summed E-state index contributed by atoms with van der Waals surface area (Å²) < 4.78 is 1.20. The molecule has 0 N–H and O–H groups in total. The van der Waals surface area contributed by atoms with Gasteiger partial charge in [0, 0.05) is 17.0 Å². The summed E-state index contributed by atoms with van der Waals surface area (Å²) in [4.78, 5) is 0. The first-order valence-electron chi connectivity index (χ1n) is 15.8. The van der Waals surface area contributed by atoms with Gasteiger partial charge in [0.05, 0.1) is 0 Å². The molecular formula is C44H37P2RuS+. The molecule has 0 fully saturated rings. The Morgan fingerprint density at radius 2 is 0.896 bits per heavy atom. The molecule has 8 aromatic rings. The van der Waals surface area contributed by atoms with E-state index >= 15 is 0 Å². The van der Waals surface area contributed by atoms with Gasteiger partial charge in [-0.2, -0.15) is 18.2 Å². The summed E-state index contributed by atoms with van der Waals surface area (Å²) in [6.45, 7) is 5.98. The van der Waals surface area contributed by atoms with E-state index in [1.54, 1.807) is 11.3 Å². The average Bonchev–Trinajstić information content (AvgIpc) is 3.89. The van der Waals surface area contributed by atoms with Crippen LogP contribution in [0.1, 0.15) is 5.56 Å². The van der Waals surface area contributed by atoms with Crippen LogP contribution in [0.5, 0.6) is 0 Å². The predicted molar refractivity (Wildman–Crippen MR) is 213 cm³/mol. The zero-order chi connectivity index (χ0) is 32.1. The van der Waals surface area contributed by atoms with Gasteiger partial charge in [0.1, 0.15) is 0 Å². The van der Waals surface area contributed by atoms with Gasteiger partial charge >= 0.3 is 19.5 Å². The first-order chi connectivity index (χ1) is 23.3. The third-order valence-electron chi connectivity index (χ3n) is 7.86. The minimum Gasteiger partial charge on any atom is -0.214 e. The third kappa shape index (κ3) is 9.50. The van der Waals surface area contributed by atoms with Gasteiger partial charge < -0.3 is 0 Å². The first kappa shape index (κ1) is 35.7. The van der Waals surface area contributed by atoms with Crippen LogP contribution < -0.4 is 21.2 Å². The molecule has 4 heteroatoms. The van der Waals surface area contributed by atoms with E-state index in [4.69, 9.17) is 6.92 Å². The second-order valence-electron chi connectivity index (χ2n) is 11.0. The summed E-state index contributed by atoms with van der Waals surface area (Å²) in [7, 11) is -0.696. The van der Waals surface area contributed by atoms with Crippen molar-refractivity contribution in [1.29, 1.82) is 0 Å². The minimum absolute atomic E-state index is 0. The van der Waals surface area contributed by atoms with Gasteiger partial charge in [-0.25, -0.2) is 12.1 Å². The van der Waals surface area contributed by atoms with Crippen LogP contribution in [0.4, 0.5) is 0 Å². The maximum Gasteiger partial charge on any atom is 2.00 e. The standard InChI is InChI=1S/C26H24P2.C13H8S.C5H5.Ru/c1-5-13-23(14-6-1)27(24-15-7-2-8-16-24)21-22-28(25-17-9-3-10-18-25)26-19-11-4-12-20-26;1-9-8-10-4-2-3-5-11(10)12-6-7-14-13(9)12;1-2-4-5-3-1;/h1-20H,21-22H2;1-8H;1-5H;/q;;-1;+2. The van der Waals surface area contributed by atoms with Crippen LogP contribution in [0, 0.1) is 6.92 Å². The zero-order valence-electron chi connectivity index (χ0n) is 26.6. The van der Waals surface area contributed by atoms with Crippen LogP contribution in [0.15, 0.2) is 193 Å². The van der Waals surface area contributed by atoms with Gasteiger partial charge in [-0.05, 0) is 83.2 Å². The van der Waals surface area contributed by atoms with E-state index in [0.29, 0.717) is 0 Å². The van der Waals surface area contributed by atoms with Gasteiger partial charge in [0.15, 0.2) is 0 Å². The fraction of sp³-hybridized carbons (Fsp3) is 0.0455. The third-order valence-corrected chi connectivity index (χ3v) is 14.2. The van der Waals surface area contributed by atoms with Crippen molar-refractivity contribution >= 4 is 69.3 Å². The van der Waals surface area contributed by atoms with E-state index < -0.39 is 0 Å². The summed E-state index contributed by atoms with van der Waals surface area (Å²) in [6.07, 6.45) is 2.41. The maximum atomic E-state index is 5.98. The van der Waals surface area contributed by atoms with E-state index in [2.05, 4.69) is 151 Å². The molecule has 0 aliphatic rings. The molecule has 1 aromatic heterocycles. The Morgan fingerprint density at radius 3 is 1.31 bits per heavy atom. The first-order valence-corrected chi connectivity index (χ1v) is 19.8. The molecule has 0 aliphatic heterocycles. The van der Waals surface area contributed by atoms with Crippen LogP contribution in [0.25, 0.3) is 20.9 Å². The fourth-order valence-corrected chi connectivity index (χ4v) is 11.8. The summed E-state index contributed by atoms with van der Waals surface area (Å²) in [6, 6.07) is 66.7. The molecule has 0 saturated carbocycles. The van der Waals surface area contributed by atoms with Crippen LogP contribution in [0.2, 0.25) is 0 Å². The normalized spacial score (nSPS) is 10.6. The monoisotopic (exact) mass is 761 g/mol. The van der Waals surface area contributed by atoms with Gasteiger partial charge in [-0.3, -0.25) is 0 Å². The van der Waals surface area contributed by atoms with Crippen LogP contribution in [-0.2, 0) is 19.5 Å². The smallest absolute Gasteiger partial charge is 0.214 e. The molecule has 1 heterocycles. The van der Waals surface area contributed by atoms with Crippen molar-refractivity contribution in [3.63, 3.8) is 0 Å². The molecule has 0 unspecified atom stereocenters. The number of rotatable bonds is 7. The Bertz CT molecular complexity index is 1860. The van der Waals surface area contributed by atoms with Gasteiger partial charge in [0.2, 0.25) is 0 Å².